The fraction of sp³-hybridized carbons (Fsp3) is 0.900. The number of halogens is 2. The second kappa shape index (κ2) is 6.29. The lowest BCUT2D eigenvalue weighted by atomic mass is 10.1. The number of likely N-dealkylation sites (N-methyl/N-ethyl adjacent to an activating group) is 1. The number of nitrogens with zero attached hydrogens (tertiary/aromatic N) is 3. The number of hydrogen-bond donors (Lipinski definition) is 0. The Morgan fingerprint density at radius 2 is 2.22 bits per heavy atom. The van der Waals surface area contributed by atoms with Gasteiger partial charge in [-0.25, -0.2) is 0 Å². The average molecular weight is 387 g/mol. The lowest BCUT2D eigenvalue weighted by Gasteiger charge is -2.21. The van der Waals surface area contributed by atoms with Gasteiger partial charge in [-0.3, -0.25) is 15.1 Å². The molecule has 1 rings (SSSR count). The van der Waals surface area contributed by atoms with E-state index in [-0.39, 0.29) is 6.10 Å². The first-order chi connectivity index (χ1) is 8.25. The Morgan fingerprint density at radius 3 is 2.61 bits per heavy atom. The molecule has 0 spiro atoms. The predicted molar refractivity (Wildman–Crippen MR) is 77.1 cm³/mol. The van der Waals surface area contributed by atoms with E-state index in [2.05, 4.69) is 36.9 Å². The number of ether oxygens (including phenoxy) is 1. The van der Waals surface area contributed by atoms with Crippen molar-refractivity contribution in [1.82, 2.24) is 4.90 Å². The van der Waals surface area contributed by atoms with Crippen LogP contribution in [-0.4, -0.2) is 52.4 Å². The first-order valence-corrected chi connectivity index (χ1v) is 7.20. The van der Waals surface area contributed by atoms with Crippen molar-refractivity contribution in [1.29, 1.82) is 0 Å². The van der Waals surface area contributed by atoms with E-state index in [1.54, 1.807) is 19.0 Å². The third kappa shape index (κ3) is 3.89. The quantitative estimate of drug-likeness (QED) is 0.185. The van der Waals surface area contributed by atoms with Gasteiger partial charge in [0, 0.05) is 58.4 Å². The first kappa shape index (κ1) is 15.8. The molecule has 0 N–H and O–H groups in total. The van der Waals surface area contributed by atoms with Crippen molar-refractivity contribution in [2.45, 2.75) is 22.8 Å². The molecular formula is C10H17Br2N3O3. The number of rotatable bonds is 4. The van der Waals surface area contributed by atoms with Gasteiger partial charge < -0.3 is 9.64 Å². The van der Waals surface area contributed by atoms with Crippen LogP contribution in [0.15, 0.2) is 4.99 Å². The molecule has 0 amide bonds. The summed E-state index contributed by atoms with van der Waals surface area (Å²) in [4.78, 5) is 16.5. The largest absolute Gasteiger partial charge is 0.382 e. The first-order valence-electron chi connectivity index (χ1n) is 5.61. The van der Waals surface area contributed by atoms with Crippen molar-refractivity contribution in [2.24, 2.45) is 10.9 Å². The molecule has 0 saturated carbocycles. The number of amidine groups is 1. The van der Waals surface area contributed by atoms with E-state index >= 15 is 0 Å². The summed E-state index contributed by atoms with van der Waals surface area (Å²) in [6, 6.07) is 0. The third-order valence-corrected chi connectivity index (χ3v) is 3.99. The molecule has 2 unspecified atom stereocenters. The minimum absolute atomic E-state index is 0.251. The molecule has 8 heteroatoms. The Bertz CT molecular complexity index is 347. The van der Waals surface area contributed by atoms with Crippen LogP contribution in [0.4, 0.5) is 0 Å². The minimum atomic E-state index is -1.53. The molecule has 1 heterocycles. The standard InChI is InChI=1S/C10H17Br2N3O3/c1-7-4-8(6-18-7)5-13-9(14(2)3)10(11,12)15(16)17/h7-8H,4-6H2,1-3H3. The van der Waals surface area contributed by atoms with E-state index in [0.717, 1.165) is 6.42 Å². The maximum atomic E-state index is 11.0. The van der Waals surface area contributed by atoms with Crippen LogP contribution in [0.1, 0.15) is 13.3 Å². The molecule has 104 valence electrons. The van der Waals surface area contributed by atoms with Gasteiger partial charge in [-0.2, -0.15) is 0 Å². The van der Waals surface area contributed by atoms with Crippen molar-refractivity contribution >= 4 is 37.7 Å². The highest BCUT2D eigenvalue weighted by atomic mass is 79.9. The van der Waals surface area contributed by atoms with Crippen LogP contribution in [-0.2, 0) is 4.74 Å². The maximum Gasteiger partial charge on any atom is 0.382 e. The van der Waals surface area contributed by atoms with Crippen LogP contribution in [0, 0.1) is 16.0 Å². The van der Waals surface area contributed by atoms with Gasteiger partial charge in [-0.05, 0) is 13.3 Å². The van der Waals surface area contributed by atoms with Crippen molar-refractivity contribution < 1.29 is 9.66 Å². The van der Waals surface area contributed by atoms with E-state index in [0.29, 0.717) is 24.9 Å². The van der Waals surface area contributed by atoms with Gasteiger partial charge in [0.15, 0.2) is 0 Å². The molecular weight excluding hydrogens is 370 g/mol. The fourth-order valence-corrected chi connectivity index (χ4v) is 2.80. The smallest absolute Gasteiger partial charge is 0.378 e. The van der Waals surface area contributed by atoms with E-state index < -0.39 is 8.28 Å². The average Bonchev–Trinajstić information content (AvgIpc) is 2.63. The molecule has 0 aromatic carbocycles. The lowest BCUT2D eigenvalue weighted by molar-refractivity contribution is -0.486. The fourth-order valence-electron chi connectivity index (χ4n) is 1.84. The molecule has 1 aliphatic heterocycles. The summed E-state index contributed by atoms with van der Waals surface area (Å²) in [5.74, 6) is 0.671. The number of aliphatic imine (C=N–C) groups is 1. The van der Waals surface area contributed by atoms with Crippen LogP contribution in [0.2, 0.25) is 0 Å². The summed E-state index contributed by atoms with van der Waals surface area (Å²) in [6.45, 7) is 3.22. The van der Waals surface area contributed by atoms with E-state index in [4.69, 9.17) is 4.74 Å². The highest BCUT2D eigenvalue weighted by Crippen LogP contribution is 2.30. The van der Waals surface area contributed by atoms with Crippen molar-refractivity contribution in [2.75, 3.05) is 27.2 Å². The minimum Gasteiger partial charge on any atom is -0.378 e. The molecule has 1 fully saturated rings. The lowest BCUT2D eigenvalue weighted by Crippen LogP contribution is -2.43. The summed E-state index contributed by atoms with van der Waals surface area (Å²) in [6.07, 6.45) is 1.20. The van der Waals surface area contributed by atoms with Crippen LogP contribution in [0.5, 0.6) is 0 Å². The summed E-state index contributed by atoms with van der Waals surface area (Å²) >= 11 is 6.10. The Kier molecular flexibility index (Phi) is 5.54. The van der Waals surface area contributed by atoms with Crippen LogP contribution >= 0.6 is 31.9 Å². The second-order valence-electron chi connectivity index (χ2n) is 4.60. The zero-order valence-electron chi connectivity index (χ0n) is 10.6. The van der Waals surface area contributed by atoms with Gasteiger partial charge in [0.05, 0.1) is 17.6 Å². The highest BCUT2D eigenvalue weighted by molar-refractivity contribution is 9.25. The molecule has 6 nitrogen and oxygen atoms in total. The van der Waals surface area contributed by atoms with Crippen molar-refractivity contribution in [3.63, 3.8) is 0 Å². The van der Waals surface area contributed by atoms with Crippen LogP contribution in [0.25, 0.3) is 0 Å². The number of nitro groups is 1. The monoisotopic (exact) mass is 385 g/mol. The molecule has 1 aliphatic rings. The Hall–Kier alpha value is -0.210. The summed E-state index contributed by atoms with van der Waals surface area (Å²) in [7, 11) is 3.46. The van der Waals surface area contributed by atoms with E-state index in [1.165, 1.54) is 0 Å². The summed E-state index contributed by atoms with van der Waals surface area (Å²) < 4.78 is 3.92. The number of alkyl halides is 2. The van der Waals surface area contributed by atoms with Gasteiger partial charge in [0.25, 0.3) is 0 Å². The molecule has 1 saturated heterocycles. The molecule has 0 aromatic rings. The Morgan fingerprint density at radius 1 is 1.61 bits per heavy atom. The molecule has 2 atom stereocenters. The Labute approximate surface area is 123 Å². The predicted octanol–water partition coefficient (Wildman–Crippen LogP) is 2.09. The molecule has 0 bridgehead atoms. The summed E-state index contributed by atoms with van der Waals surface area (Å²) in [5.41, 5.74) is 0. The highest BCUT2D eigenvalue weighted by Gasteiger charge is 2.44. The van der Waals surface area contributed by atoms with Gasteiger partial charge in [-0.15, -0.1) is 0 Å². The van der Waals surface area contributed by atoms with Crippen LogP contribution in [0.3, 0.4) is 0 Å². The summed E-state index contributed by atoms with van der Waals surface area (Å²) in [5, 5.41) is 11.0. The van der Waals surface area contributed by atoms with Gasteiger partial charge in [-0.1, -0.05) is 0 Å². The van der Waals surface area contributed by atoms with E-state index in [9.17, 15) is 10.1 Å². The maximum absolute atomic E-state index is 11.0. The topological polar surface area (TPSA) is 68.0 Å². The molecule has 0 aromatic heterocycles. The van der Waals surface area contributed by atoms with E-state index in [1.807, 2.05) is 6.92 Å². The van der Waals surface area contributed by atoms with Gasteiger partial charge in [0.1, 0.15) is 0 Å². The van der Waals surface area contributed by atoms with Crippen molar-refractivity contribution in [3.8, 4) is 0 Å². The van der Waals surface area contributed by atoms with Crippen molar-refractivity contribution in [3.05, 3.63) is 10.1 Å². The SMILES string of the molecule is CC1CC(CN=C(N(C)C)C(Br)(Br)[N+](=O)[O-])CO1. The molecule has 0 radical (unpaired) electrons. The number of hydrogen-bond acceptors (Lipinski definition) is 4. The van der Waals surface area contributed by atoms with Gasteiger partial charge in [0.2, 0.25) is 5.84 Å². The molecule has 18 heavy (non-hydrogen) atoms. The zero-order chi connectivity index (χ0) is 13.9. The second-order valence-corrected chi connectivity index (χ2v) is 7.96. The van der Waals surface area contributed by atoms with Crippen LogP contribution < -0.4 is 0 Å². The third-order valence-electron chi connectivity index (χ3n) is 2.70. The van der Waals surface area contributed by atoms with Gasteiger partial charge >= 0.3 is 3.36 Å². The normalized spacial score (nSPS) is 25.3. The molecule has 0 aliphatic carbocycles. The Balaban J connectivity index is 2.76. The zero-order valence-corrected chi connectivity index (χ0v) is 13.8.